The van der Waals surface area contributed by atoms with Crippen molar-refractivity contribution in [2.45, 2.75) is 6.54 Å². The highest BCUT2D eigenvalue weighted by Gasteiger charge is 2.01. The maximum Gasteiger partial charge on any atom is 0.102 e. The molecular weight excluding hydrogens is 208 g/mol. The molecule has 0 aliphatic rings. The Morgan fingerprint density at radius 3 is 2.27 bits per heavy atom. The third kappa shape index (κ3) is 4.10. The highest BCUT2D eigenvalue weighted by Crippen LogP contribution is 2.13. The van der Waals surface area contributed by atoms with Gasteiger partial charge in [0.1, 0.15) is 6.54 Å². The second-order valence-electron chi connectivity index (χ2n) is 4.16. The van der Waals surface area contributed by atoms with Gasteiger partial charge in [-0.2, -0.15) is 0 Å². The fourth-order valence-corrected chi connectivity index (χ4v) is 1.79. The van der Waals surface area contributed by atoms with Gasteiger partial charge in [-0.3, -0.25) is 0 Å². The van der Waals surface area contributed by atoms with E-state index in [4.69, 9.17) is 11.6 Å². The third-order valence-corrected chi connectivity index (χ3v) is 2.52. The van der Waals surface area contributed by atoms with Gasteiger partial charge in [0.2, 0.25) is 0 Å². The van der Waals surface area contributed by atoms with Gasteiger partial charge < -0.3 is 9.80 Å². The van der Waals surface area contributed by atoms with Crippen LogP contribution in [0.3, 0.4) is 0 Å². The number of hydrogen-bond donors (Lipinski definition) is 1. The summed E-state index contributed by atoms with van der Waals surface area (Å²) in [5.41, 5.74) is 2.60. The summed E-state index contributed by atoms with van der Waals surface area (Å²) in [6.45, 7) is 1.96. The van der Waals surface area contributed by atoms with Crippen LogP contribution in [0.4, 0.5) is 5.69 Å². The summed E-state index contributed by atoms with van der Waals surface area (Å²) < 4.78 is 0. The number of anilines is 1. The van der Waals surface area contributed by atoms with Crippen LogP contribution in [0.25, 0.3) is 0 Å². The molecule has 0 aromatic heterocycles. The molecule has 84 valence electrons. The van der Waals surface area contributed by atoms with Gasteiger partial charge in [0.05, 0.1) is 14.1 Å². The van der Waals surface area contributed by atoms with Crippen molar-refractivity contribution in [3.63, 3.8) is 0 Å². The zero-order valence-electron chi connectivity index (χ0n) is 9.76. The van der Waals surface area contributed by atoms with Crippen molar-refractivity contribution >= 4 is 17.3 Å². The first kappa shape index (κ1) is 12.3. The Balaban J connectivity index is 2.63. The van der Waals surface area contributed by atoms with E-state index in [9.17, 15) is 0 Å². The molecule has 0 aliphatic carbocycles. The van der Waals surface area contributed by atoms with Crippen LogP contribution in [0.2, 0.25) is 0 Å². The standard InChI is InChI=1S/C12H19ClN2/c1-14(2)10-11-4-6-12(7-5-11)15(3)9-8-13/h4-7H,8-10H2,1-3H3/p+1. The first-order valence-electron chi connectivity index (χ1n) is 5.28. The molecule has 3 heteroatoms. The predicted molar refractivity (Wildman–Crippen MR) is 66.9 cm³/mol. The normalized spacial score (nSPS) is 10.7. The summed E-state index contributed by atoms with van der Waals surface area (Å²) in [6, 6.07) is 8.69. The minimum atomic E-state index is 0.667. The van der Waals surface area contributed by atoms with Crippen LogP contribution in [0.1, 0.15) is 5.56 Å². The van der Waals surface area contributed by atoms with Crippen molar-refractivity contribution < 1.29 is 4.90 Å². The predicted octanol–water partition coefficient (Wildman–Crippen LogP) is 1.01. The van der Waals surface area contributed by atoms with Crippen molar-refractivity contribution in [2.24, 2.45) is 0 Å². The second-order valence-corrected chi connectivity index (χ2v) is 4.54. The molecule has 0 radical (unpaired) electrons. The molecule has 0 atom stereocenters. The van der Waals surface area contributed by atoms with Gasteiger partial charge in [0.25, 0.3) is 0 Å². The minimum absolute atomic E-state index is 0.667. The van der Waals surface area contributed by atoms with E-state index in [1.807, 2.05) is 0 Å². The summed E-state index contributed by atoms with van der Waals surface area (Å²) >= 11 is 5.70. The molecule has 1 aromatic rings. The zero-order valence-corrected chi connectivity index (χ0v) is 10.5. The number of nitrogens with one attached hydrogen (secondary N) is 1. The fraction of sp³-hybridized carbons (Fsp3) is 0.500. The molecule has 2 nitrogen and oxygen atoms in total. The van der Waals surface area contributed by atoms with Crippen LogP contribution in [0.5, 0.6) is 0 Å². The van der Waals surface area contributed by atoms with Crippen LogP contribution in [0.15, 0.2) is 24.3 Å². The highest BCUT2D eigenvalue weighted by atomic mass is 35.5. The van der Waals surface area contributed by atoms with Crippen molar-refractivity contribution in [3.8, 4) is 0 Å². The summed E-state index contributed by atoms with van der Waals surface area (Å²) in [6.07, 6.45) is 0. The van der Waals surface area contributed by atoms with E-state index < -0.39 is 0 Å². The Morgan fingerprint density at radius 2 is 1.80 bits per heavy atom. The van der Waals surface area contributed by atoms with E-state index in [-0.39, 0.29) is 0 Å². The maximum absolute atomic E-state index is 5.70. The van der Waals surface area contributed by atoms with Crippen LogP contribution in [0, 0.1) is 0 Å². The Kier molecular flexibility index (Phi) is 4.92. The Morgan fingerprint density at radius 1 is 1.20 bits per heavy atom. The average molecular weight is 228 g/mol. The molecular formula is C12H20ClN2+. The number of hydrogen-bond acceptors (Lipinski definition) is 1. The summed E-state index contributed by atoms with van der Waals surface area (Å²) in [7, 11) is 6.38. The summed E-state index contributed by atoms with van der Waals surface area (Å²) in [5, 5.41) is 0. The van der Waals surface area contributed by atoms with Gasteiger partial charge >= 0.3 is 0 Å². The monoisotopic (exact) mass is 227 g/mol. The van der Waals surface area contributed by atoms with Crippen molar-refractivity contribution in [3.05, 3.63) is 29.8 Å². The van der Waals surface area contributed by atoms with Crippen molar-refractivity contribution in [1.82, 2.24) is 0 Å². The Labute approximate surface area is 97.4 Å². The molecule has 1 N–H and O–H groups in total. The minimum Gasteiger partial charge on any atom is -0.373 e. The lowest BCUT2D eigenvalue weighted by molar-refractivity contribution is -0.872. The van der Waals surface area contributed by atoms with Gasteiger partial charge in [0.15, 0.2) is 0 Å². The van der Waals surface area contributed by atoms with Crippen LogP contribution in [-0.4, -0.2) is 33.6 Å². The molecule has 0 amide bonds. The average Bonchev–Trinajstić information content (AvgIpc) is 2.18. The molecule has 1 aromatic carbocycles. The van der Waals surface area contributed by atoms with E-state index in [0.29, 0.717) is 5.88 Å². The van der Waals surface area contributed by atoms with Gasteiger partial charge in [-0.15, -0.1) is 11.6 Å². The number of nitrogens with zero attached hydrogens (tertiary/aromatic N) is 1. The quantitative estimate of drug-likeness (QED) is 0.738. The number of alkyl halides is 1. The molecule has 0 aliphatic heterocycles. The Bertz CT molecular complexity index is 282. The molecule has 1 rings (SSSR count). The van der Waals surface area contributed by atoms with Crippen molar-refractivity contribution in [2.75, 3.05) is 38.5 Å². The Hall–Kier alpha value is -0.730. The van der Waals surface area contributed by atoms with E-state index in [2.05, 4.69) is 50.3 Å². The SMILES string of the molecule is CN(CCCl)c1ccc(C[NH+](C)C)cc1. The topological polar surface area (TPSA) is 7.68 Å². The molecule has 0 bridgehead atoms. The molecule has 0 spiro atoms. The third-order valence-electron chi connectivity index (χ3n) is 2.35. The maximum atomic E-state index is 5.70. The van der Waals surface area contributed by atoms with Gasteiger partial charge in [-0.05, 0) is 12.1 Å². The van der Waals surface area contributed by atoms with Gasteiger partial charge in [0, 0.05) is 30.7 Å². The van der Waals surface area contributed by atoms with Crippen LogP contribution in [-0.2, 0) is 6.54 Å². The molecule has 0 saturated carbocycles. The first-order valence-corrected chi connectivity index (χ1v) is 5.82. The van der Waals surface area contributed by atoms with E-state index in [1.54, 1.807) is 0 Å². The largest absolute Gasteiger partial charge is 0.373 e. The second kappa shape index (κ2) is 5.99. The zero-order chi connectivity index (χ0) is 11.3. The molecule has 0 fully saturated rings. The highest BCUT2D eigenvalue weighted by molar-refractivity contribution is 6.18. The van der Waals surface area contributed by atoms with Crippen LogP contribution < -0.4 is 9.80 Å². The molecule has 0 saturated heterocycles. The molecule has 0 unspecified atom stereocenters. The lowest BCUT2D eigenvalue weighted by atomic mass is 10.2. The number of benzene rings is 1. The van der Waals surface area contributed by atoms with Gasteiger partial charge in [-0.1, -0.05) is 12.1 Å². The molecule has 0 heterocycles. The van der Waals surface area contributed by atoms with E-state index in [0.717, 1.165) is 13.1 Å². The van der Waals surface area contributed by atoms with Crippen LogP contribution >= 0.6 is 11.6 Å². The smallest absolute Gasteiger partial charge is 0.102 e. The van der Waals surface area contributed by atoms with E-state index in [1.165, 1.54) is 16.2 Å². The van der Waals surface area contributed by atoms with Crippen molar-refractivity contribution in [1.29, 1.82) is 0 Å². The lowest BCUT2D eigenvalue weighted by Gasteiger charge is -2.18. The first-order chi connectivity index (χ1) is 7.13. The van der Waals surface area contributed by atoms with Gasteiger partial charge in [-0.25, -0.2) is 0 Å². The summed E-state index contributed by atoms with van der Waals surface area (Å²) in [5.74, 6) is 0.667. The number of rotatable bonds is 5. The summed E-state index contributed by atoms with van der Waals surface area (Å²) in [4.78, 5) is 3.61. The lowest BCUT2D eigenvalue weighted by Crippen LogP contribution is -3.04. The molecule has 15 heavy (non-hydrogen) atoms. The number of quaternary nitrogens is 1. The van der Waals surface area contributed by atoms with E-state index >= 15 is 0 Å². The fourth-order valence-electron chi connectivity index (χ4n) is 1.53. The number of halogens is 1.